The van der Waals surface area contributed by atoms with E-state index in [0.717, 1.165) is 11.6 Å². The van der Waals surface area contributed by atoms with E-state index in [2.05, 4.69) is 45.9 Å². The van der Waals surface area contributed by atoms with Gasteiger partial charge in [-0.25, -0.2) is 10.3 Å². The predicted octanol–water partition coefficient (Wildman–Crippen LogP) is 7.10. The lowest BCUT2D eigenvalue weighted by Crippen LogP contribution is -2.50. The molecule has 3 aromatic carbocycles. The third-order valence-corrected chi connectivity index (χ3v) is 9.15. The fraction of sp³-hybridized carbons (Fsp3) is 0.412. The lowest BCUT2D eigenvalue weighted by atomic mass is 9.87. The minimum atomic E-state index is -1.35. The van der Waals surface area contributed by atoms with Crippen LogP contribution in [0.1, 0.15) is 71.5 Å². The normalized spacial score (nSPS) is 16.8. The molecule has 0 saturated heterocycles. The van der Waals surface area contributed by atoms with Gasteiger partial charge >= 0.3 is 0 Å². The fourth-order valence-corrected chi connectivity index (χ4v) is 5.74. The molecule has 0 saturated carbocycles. The van der Waals surface area contributed by atoms with Gasteiger partial charge in [-0.1, -0.05) is 89.8 Å². The number of carbonyl (C=O) groups is 2. The Kier molecular flexibility index (Phi) is 9.60. The first-order chi connectivity index (χ1) is 19.9. The summed E-state index contributed by atoms with van der Waals surface area (Å²) in [5.41, 5.74) is 4.82. The second-order valence-electron chi connectivity index (χ2n) is 13.0. The third-order valence-electron chi connectivity index (χ3n) is 7.45. The van der Waals surface area contributed by atoms with Gasteiger partial charge in [0.2, 0.25) is 5.72 Å². The van der Waals surface area contributed by atoms with Crippen LogP contribution in [0.3, 0.4) is 0 Å². The molecular formula is C34H44N2O5Si. The molecule has 1 aliphatic heterocycles. The zero-order valence-corrected chi connectivity index (χ0v) is 27.0. The van der Waals surface area contributed by atoms with Crippen LogP contribution in [0.15, 0.2) is 72.8 Å². The number of rotatable bonds is 12. The van der Waals surface area contributed by atoms with Gasteiger partial charge in [0.05, 0.1) is 0 Å². The summed E-state index contributed by atoms with van der Waals surface area (Å²) in [6.45, 7) is 16.6. The Hall–Kier alpha value is -3.46. The summed E-state index contributed by atoms with van der Waals surface area (Å²) in [6, 6.07) is 23.4. The summed E-state index contributed by atoms with van der Waals surface area (Å²) >= 11 is 0. The van der Waals surface area contributed by atoms with Crippen molar-refractivity contribution in [3.05, 3.63) is 101 Å². The average molecular weight is 589 g/mol. The van der Waals surface area contributed by atoms with Crippen molar-refractivity contribution in [2.24, 2.45) is 0 Å². The lowest BCUT2D eigenvalue weighted by Gasteiger charge is -2.38. The number of nitrogens with zero attached hydrogens (tertiary/aromatic N) is 1. The van der Waals surface area contributed by atoms with Crippen LogP contribution < -0.4 is 10.2 Å². The molecular weight excluding hydrogens is 544 g/mol. The molecule has 1 N–H and O–H groups in total. The molecule has 42 heavy (non-hydrogen) atoms. The van der Waals surface area contributed by atoms with Gasteiger partial charge in [-0.15, -0.1) is 0 Å². The third kappa shape index (κ3) is 6.94. The molecule has 0 spiro atoms. The van der Waals surface area contributed by atoms with Crippen LogP contribution in [0.4, 0.5) is 0 Å². The molecule has 2 amide bonds. The predicted molar refractivity (Wildman–Crippen MR) is 168 cm³/mol. The smallest absolute Gasteiger partial charge is 0.274 e. The van der Waals surface area contributed by atoms with Crippen LogP contribution in [0.25, 0.3) is 0 Å². The number of fused-ring (bicyclic) bond motifs is 1. The molecule has 1 aliphatic rings. The SMILES string of the molecule is CCCN1C(=O)c2ccccc2C1(ONC(=O)c1ccc(C(C)(C)C)cc1)c1ccc(OCOCC[Si](C)(C)C)cc1. The Bertz CT molecular complexity index is 1380. The first-order valence-corrected chi connectivity index (χ1v) is 18.4. The quantitative estimate of drug-likeness (QED) is 0.106. The maximum atomic E-state index is 13.7. The van der Waals surface area contributed by atoms with E-state index in [1.807, 2.05) is 61.5 Å². The van der Waals surface area contributed by atoms with Gasteiger partial charge in [0.1, 0.15) is 5.75 Å². The van der Waals surface area contributed by atoms with Crippen molar-refractivity contribution in [3.63, 3.8) is 0 Å². The molecule has 1 heterocycles. The van der Waals surface area contributed by atoms with Crippen LogP contribution in [0.5, 0.6) is 5.75 Å². The van der Waals surface area contributed by atoms with Crippen molar-refractivity contribution in [1.29, 1.82) is 0 Å². The van der Waals surface area contributed by atoms with Gasteiger partial charge in [0.15, 0.2) is 6.79 Å². The van der Waals surface area contributed by atoms with Gasteiger partial charge < -0.3 is 14.4 Å². The number of hydrogen-bond acceptors (Lipinski definition) is 5. The highest BCUT2D eigenvalue weighted by Crippen LogP contribution is 2.45. The van der Waals surface area contributed by atoms with E-state index in [4.69, 9.17) is 14.3 Å². The van der Waals surface area contributed by atoms with Gasteiger partial charge in [-0.3, -0.25) is 9.59 Å². The molecule has 0 bridgehead atoms. The highest BCUT2D eigenvalue weighted by molar-refractivity contribution is 6.76. The summed E-state index contributed by atoms with van der Waals surface area (Å²) < 4.78 is 11.5. The van der Waals surface area contributed by atoms with Crippen LogP contribution in [-0.4, -0.2) is 44.7 Å². The summed E-state index contributed by atoms with van der Waals surface area (Å²) in [6.07, 6.45) is 0.711. The fourth-order valence-electron chi connectivity index (χ4n) is 4.99. The number of ether oxygens (including phenoxy) is 2. The van der Waals surface area contributed by atoms with E-state index >= 15 is 0 Å². The maximum absolute atomic E-state index is 13.7. The van der Waals surface area contributed by atoms with Crippen molar-refractivity contribution in [3.8, 4) is 5.75 Å². The second-order valence-corrected chi connectivity index (χ2v) is 18.6. The van der Waals surface area contributed by atoms with Crippen molar-refractivity contribution < 1.29 is 23.9 Å². The molecule has 1 atom stereocenters. The number of carbonyl (C=O) groups excluding carboxylic acids is 2. The molecule has 224 valence electrons. The average Bonchev–Trinajstić information content (AvgIpc) is 3.19. The number of benzene rings is 3. The van der Waals surface area contributed by atoms with Gasteiger partial charge in [-0.05, 0) is 53.8 Å². The molecule has 8 heteroatoms. The summed E-state index contributed by atoms with van der Waals surface area (Å²) in [7, 11) is -1.17. The summed E-state index contributed by atoms with van der Waals surface area (Å²) in [5, 5.41) is 0. The number of nitrogens with one attached hydrogen (secondary N) is 1. The standard InChI is InChI=1S/C34H44N2O5Si/c1-8-21-36-32(38)29-11-9-10-12-30(29)34(36,41-35-31(37)25-13-15-26(16-14-25)33(2,3)4)27-17-19-28(20-18-27)40-24-39-22-23-42(5,6)7/h9-20H,8,21-24H2,1-7H3,(H,35,37). The minimum Gasteiger partial charge on any atom is -0.468 e. The molecule has 1 unspecified atom stereocenters. The lowest BCUT2D eigenvalue weighted by molar-refractivity contribution is -0.143. The maximum Gasteiger partial charge on any atom is 0.274 e. The van der Waals surface area contributed by atoms with Crippen LogP contribution in [-0.2, 0) is 20.7 Å². The van der Waals surface area contributed by atoms with E-state index < -0.39 is 19.7 Å². The summed E-state index contributed by atoms with van der Waals surface area (Å²) in [4.78, 5) is 35.0. The number of hydrogen-bond donors (Lipinski definition) is 1. The van der Waals surface area contributed by atoms with Crippen molar-refractivity contribution in [1.82, 2.24) is 10.4 Å². The Balaban J connectivity index is 1.61. The minimum absolute atomic E-state index is 0.0277. The Labute approximate surface area is 251 Å². The molecule has 0 radical (unpaired) electrons. The van der Waals surface area contributed by atoms with Crippen LogP contribution in [0.2, 0.25) is 25.7 Å². The van der Waals surface area contributed by atoms with E-state index in [1.54, 1.807) is 23.1 Å². The Morgan fingerprint density at radius 3 is 2.24 bits per heavy atom. The zero-order valence-electron chi connectivity index (χ0n) is 26.0. The highest BCUT2D eigenvalue weighted by Gasteiger charge is 2.53. The van der Waals surface area contributed by atoms with Crippen LogP contribution >= 0.6 is 0 Å². The second kappa shape index (κ2) is 12.8. The van der Waals surface area contributed by atoms with Crippen molar-refractivity contribution in [2.75, 3.05) is 19.9 Å². The molecule has 0 aromatic heterocycles. The van der Waals surface area contributed by atoms with E-state index in [0.29, 0.717) is 47.6 Å². The summed E-state index contributed by atoms with van der Waals surface area (Å²) in [5.74, 6) is 0.107. The molecule has 0 aliphatic carbocycles. The van der Waals surface area contributed by atoms with E-state index in [9.17, 15) is 9.59 Å². The Morgan fingerprint density at radius 2 is 1.62 bits per heavy atom. The number of amides is 2. The van der Waals surface area contributed by atoms with Gasteiger partial charge in [0, 0.05) is 43.5 Å². The first-order valence-electron chi connectivity index (χ1n) is 14.7. The van der Waals surface area contributed by atoms with Gasteiger partial charge in [0.25, 0.3) is 11.8 Å². The van der Waals surface area contributed by atoms with E-state index in [1.165, 1.54) is 0 Å². The van der Waals surface area contributed by atoms with Crippen molar-refractivity contribution >= 4 is 19.9 Å². The highest BCUT2D eigenvalue weighted by atomic mass is 28.3. The number of hydroxylamine groups is 1. The monoisotopic (exact) mass is 588 g/mol. The van der Waals surface area contributed by atoms with Crippen LogP contribution in [0, 0.1) is 0 Å². The molecule has 4 rings (SSSR count). The molecule has 3 aromatic rings. The van der Waals surface area contributed by atoms with E-state index in [-0.39, 0.29) is 18.1 Å². The molecule has 0 fully saturated rings. The zero-order chi connectivity index (χ0) is 30.5. The molecule has 7 nitrogen and oxygen atoms in total. The largest absolute Gasteiger partial charge is 0.468 e. The topological polar surface area (TPSA) is 77.1 Å². The van der Waals surface area contributed by atoms with Crippen molar-refractivity contribution in [2.45, 2.75) is 70.9 Å². The van der Waals surface area contributed by atoms with Gasteiger partial charge in [-0.2, -0.15) is 0 Å². The first kappa shape index (κ1) is 31.5. The Morgan fingerprint density at radius 1 is 0.952 bits per heavy atom.